The molecule has 0 saturated carbocycles. The van der Waals surface area contributed by atoms with Crippen LogP contribution < -0.4 is 5.32 Å². The van der Waals surface area contributed by atoms with Crippen molar-refractivity contribution in [1.82, 2.24) is 4.90 Å². The average Bonchev–Trinajstić information content (AvgIpc) is 2.98. The summed E-state index contributed by atoms with van der Waals surface area (Å²) >= 11 is 1.39. The molecule has 1 fully saturated rings. The second-order valence-corrected chi connectivity index (χ2v) is 5.88. The van der Waals surface area contributed by atoms with E-state index in [0.717, 1.165) is 30.8 Å². The Morgan fingerprint density at radius 1 is 1.42 bits per heavy atom. The summed E-state index contributed by atoms with van der Waals surface area (Å²) in [5.74, 6) is -0.491. The normalized spacial score (nSPS) is 15.5. The van der Waals surface area contributed by atoms with Crippen LogP contribution in [0.1, 0.15) is 28.1 Å². The van der Waals surface area contributed by atoms with Gasteiger partial charge in [-0.3, -0.25) is 9.69 Å². The van der Waals surface area contributed by atoms with Crippen molar-refractivity contribution in [2.75, 3.05) is 32.1 Å². The fourth-order valence-electron chi connectivity index (χ4n) is 2.18. The zero-order valence-corrected chi connectivity index (χ0v) is 12.0. The molecule has 1 aromatic rings. The quantitative estimate of drug-likeness (QED) is 0.857. The monoisotopic (exact) mass is 282 g/mol. The highest BCUT2D eigenvalue weighted by Gasteiger charge is 2.19. The van der Waals surface area contributed by atoms with E-state index in [2.05, 4.69) is 10.2 Å². The van der Waals surface area contributed by atoms with E-state index in [4.69, 9.17) is 4.74 Å². The fourth-order valence-corrected chi connectivity index (χ4v) is 3.09. The molecule has 104 valence electrons. The van der Waals surface area contributed by atoms with Crippen LogP contribution >= 0.6 is 11.3 Å². The molecular weight excluding hydrogens is 264 g/mol. The number of methoxy groups -OCH3 is 1. The van der Waals surface area contributed by atoms with Crippen LogP contribution in [0, 0.1) is 6.92 Å². The first-order valence-corrected chi connectivity index (χ1v) is 7.12. The standard InChI is InChI=1S/C13H18N2O3S/c1-9-7-10(13(17)18-2)12(19-9)14-11(16)8-15-5-3-4-6-15/h7H,3-6,8H2,1-2H3,(H,14,16). The third kappa shape index (κ3) is 3.54. The number of anilines is 1. The number of esters is 1. The Balaban J connectivity index is 2.01. The van der Waals surface area contributed by atoms with Crippen LogP contribution in [-0.4, -0.2) is 43.5 Å². The van der Waals surface area contributed by atoms with Gasteiger partial charge in [-0.05, 0) is 38.9 Å². The van der Waals surface area contributed by atoms with Gasteiger partial charge in [0.25, 0.3) is 0 Å². The Hall–Kier alpha value is -1.40. The van der Waals surface area contributed by atoms with E-state index >= 15 is 0 Å². The number of amides is 1. The molecule has 1 saturated heterocycles. The molecule has 0 spiro atoms. The highest BCUT2D eigenvalue weighted by Crippen LogP contribution is 2.28. The number of likely N-dealkylation sites (tertiary alicyclic amines) is 1. The van der Waals surface area contributed by atoms with Crippen molar-refractivity contribution in [2.24, 2.45) is 0 Å². The van der Waals surface area contributed by atoms with Gasteiger partial charge in [-0.1, -0.05) is 0 Å². The summed E-state index contributed by atoms with van der Waals surface area (Å²) in [4.78, 5) is 26.6. The Labute approximate surface area is 116 Å². The molecule has 0 radical (unpaired) electrons. The van der Waals surface area contributed by atoms with Gasteiger partial charge in [0.2, 0.25) is 5.91 Å². The zero-order valence-electron chi connectivity index (χ0n) is 11.2. The SMILES string of the molecule is COC(=O)c1cc(C)sc1NC(=O)CN1CCCC1. The highest BCUT2D eigenvalue weighted by atomic mass is 32.1. The molecule has 2 heterocycles. The number of rotatable bonds is 4. The van der Waals surface area contributed by atoms with Crippen LogP contribution in [0.2, 0.25) is 0 Å². The van der Waals surface area contributed by atoms with Gasteiger partial charge in [0.1, 0.15) is 5.00 Å². The molecule has 5 nitrogen and oxygen atoms in total. The number of aryl methyl sites for hydroxylation is 1. The van der Waals surface area contributed by atoms with Crippen LogP contribution in [0.15, 0.2) is 6.07 Å². The average molecular weight is 282 g/mol. The minimum absolute atomic E-state index is 0.0751. The van der Waals surface area contributed by atoms with Gasteiger partial charge in [-0.2, -0.15) is 0 Å². The number of hydrogen-bond acceptors (Lipinski definition) is 5. The van der Waals surface area contributed by atoms with Crippen LogP contribution in [0.5, 0.6) is 0 Å². The summed E-state index contributed by atoms with van der Waals surface area (Å²) in [7, 11) is 1.34. The zero-order chi connectivity index (χ0) is 13.8. The van der Waals surface area contributed by atoms with Gasteiger partial charge in [0.15, 0.2) is 0 Å². The number of carbonyl (C=O) groups excluding carboxylic acids is 2. The molecule has 0 bridgehead atoms. The molecule has 1 aromatic heterocycles. The van der Waals surface area contributed by atoms with E-state index in [1.165, 1.54) is 18.4 Å². The number of carbonyl (C=O) groups is 2. The second kappa shape index (κ2) is 6.16. The Bertz CT molecular complexity index is 478. The minimum Gasteiger partial charge on any atom is -0.465 e. The van der Waals surface area contributed by atoms with Crippen LogP contribution in [0.25, 0.3) is 0 Å². The maximum atomic E-state index is 11.9. The third-order valence-corrected chi connectivity index (χ3v) is 4.05. The molecule has 0 aliphatic carbocycles. The number of hydrogen-bond donors (Lipinski definition) is 1. The molecular formula is C13H18N2O3S. The lowest BCUT2D eigenvalue weighted by atomic mass is 10.3. The molecule has 0 aromatic carbocycles. The molecule has 1 N–H and O–H groups in total. The maximum Gasteiger partial charge on any atom is 0.340 e. The lowest BCUT2D eigenvalue weighted by Crippen LogP contribution is -2.31. The molecule has 1 amide bonds. The number of nitrogens with one attached hydrogen (secondary N) is 1. The second-order valence-electron chi connectivity index (χ2n) is 4.62. The summed E-state index contributed by atoms with van der Waals surface area (Å²) in [5, 5.41) is 3.39. The first kappa shape index (κ1) is 14.0. The largest absolute Gasteiger partial charge is 0.465 e. The minimum atomic E-state index is -0.416. The van der Waals surface area contributed by atoms with Crippen molar-refractivity contribution in [3.63, 3.8) is 0 Å². The Morgan fingerprint density at radius 2 is 2.11 bits per heavy atom. The lowest BCUT2D eigenvalue weighted by Gasteiger charge is -2.13. The molecule has 1 aliphatic heterocycles. The molecule has 1 aliphatic rings. The van der Waals surface area contributed by atoms with E-state index < -0.39 is 5.97 Å². The van der Waals surface area contributed by atoms with Crippen molar-refractivity contribution in [2.45, 2.75) is 19.8 Å². The van der Waals surface area contributed by atoms with Crippen molar-refractivity contribution >= 4 is 28.2 Å². The summed E-state index contributed by atoms with van der Waals surface area (Å²) in [5.41, 5.74) is 0.430. The van der Waals surface area contributed by atoms with Crippen LogP contribution in [0.3, 0.4) is 0 Å². The van der Waals surface area contributed by atoms with Crippen LogP contribution in [-0.2, 0) is 9.53 Å². The Kier molecular flexibility index (Phi) is 4.55. The molecule has 6 heteroatoms. The van der Waals surface area contributed by atoms with Gasteiger partial charge in [0.05, 0.1) is 19.2 Å². The van der Waals surface area contributed by atoms with E-state index in [1.807, 2.05) is 6.92 Å². The molecule has 0 atom stereocenters. The van der Waals surface area contributed by atoms with E-state index in [0.29, 0.717) is 17.1 Å². The van der Waals surface area contributed by atoms with Crippen molar-refractivity contribution in [3.8, 4) is 0 Å². The van der Waals surface area contributed by atoms with E-state index in [-0.39, 0.29) is 5.91 Å². The molecule has 0 unspecified atom stereocenters. The molecule has 19 heavy (non-hydrogen) atoms. The van der Waals surface area contributed by atoms with Crippen molar-refractivity contribution in [1.29, 1.82) is 0 Å². The van der Waals surface area contributed by atoms with Gasteiger partial charge >= 0.3 is 5.97 Å². The van der Waals surface area contributed by atoms with Crippen molar-refractivity contribution < 1.29 is 14.3 Å². The van der Waals surface area contributed by atoms with Gasteiger partial charge in [0, 0.05) is 4.88 Å². The van der Waals surface area contributed by atoms with E-state index in [9.17, 15) is 9.59 Å². The summed E-state index contributed by atoms with van der Waals surface area (Å²) in [6, 6.07) is 1.74. The maximum absolute atomic E-state index is 11.9. The van der Waals surface area contributed by atoms with Gasteiger partial charge < -0.3 is 10.1 Å². The summed E-state index contributed by atoms with van der Waals surface area (Å²) < 4.78 is 4.71. The van der Waals surface area contributed by atoms with Gasteiger partial charge in [-0.15, -0.1) is 11.3 Å². The van der Waals surface area contributed by atoms with Crippen LogP contribution in [0.4, 0.5) is 5.00 Å². The fraction of sp³-hybridized carbons (Fsp3) is 0.538. The summed E-state index contributed by atoms with van der Waals surface area (Å²) in [6.07, 6.45) is 2.30. The summed E-state index contributed by atoms with van der Waals surface area (Å²) in [6.45, 7) is 4.23. The topological polar surface area (TPSA) is 58.6 Å². The predicted molar refractivity (Wildman–Crippen MR) is 74.7 cm³/mol. The first-order valence-electron chi connectivity index (χ1n) is 6.31. The number of ether oxygens (including phenoxy) is 1. The first-order chi connectivity index (χ1) is 9.10. The lowest BCUT2D eigenvalue weighted by molar-refractivity contribution is -0.117. The molecule has 2 rings (SSSR count). The predicted octanol–water partition coefficient (Wildman–Crippen LogP) is 1.88. The highest BCUT2D eigenvalue weighted by molar-refractivity contribution is 7.16. The number of nitrogens with zero attached hydrogens (tertiary/aromatic N) is 1. The Morgan fingerprint density at radius 3 is 2.74 bits per heavy atom. The van der Waals surface area contributed by atoms with Gasteiger partial charge in [-0.25, -0.2) is 4.79 Å². The smallest absolute Gasteiger partial charge is 0.340 e. The van der Waals surface area contributed by atoms with E-state index in [1.54, 1.807) is 6.07 Å². The number of thiophene rings is 1. The third-order valence-electron chi connectivity index (χ3n) is 3.08. The van der Waals surface area contributed by atoms with Crippen molar-refractivity contribution in [3.05, 3.63) is 16.5 Å².